The van der Waals surface area contributed by atoms with E-state index in [4.69, 9.17) is 10.5 Å². The molecule has 20 heavy (non-hydrogen) atoms. The minimum atomic E-state index is -0.414. The highest BCUT2D eigenvalue weighted by molar-refractivity contribution is 5.76. The van der Waals surface area contributed by atoms with Crippen LogP contribution in [-0.2, 0) is 4.79 Å². The second-order valence-corrected chi connectivity index (χ2v) is 5.34. The Morgan fingerprint density at radius 1 is 1.55 bits per heavy atom. The molecule has 0 aliphatic carbocycles. The third kappa shape index (κ3) is 3.87. The zero-order valence-corrected chi connectivity index (χ0v) is 11.8. The van der Waals surface area contributed by atoms with Crippen LogP contribution in [0, 0.1) is 5.92 Å². The number of aliphatic hydroxyl groups excluding tert-OH is 1. The van der Waals surface area contributed by atoms with E-state index < -0.39 is 6.10 Å². The zero-order chi connectivity index (χ0) is 14.5. The molecule has 2 unspecified atom stereocenters. The summed E-state index contributed by atoms with van der Waals surface area (Å²) in [5, 5.41) is 9.79. The highest BCUT2D eigenvalue weighted by Crippen LogP contribution is 2.18. The van der Waals surface area contributed by atoms with E-state index in [1.54, 1.807) is 17.0 Å². The van der Waals surface area contributed by atoms with E-state index >= 15 is 0 Å². The van der Waals surface area contributed by atoms with E-state index in [1.165, 1.54) is 0 Å². The Balaban J connectivity index is 1.75. The van der Waals surface area contributed by atoms with Gasteiger partial charge in [-0.3, -0.25) is 4.79 Å². The number of β-amino-alcohol motifs (C(OH)–C–C–N with tert-alkyl or cyclic N) is 1. The fraction of sp³-hybridized carbons (Fsp3) is 0.533. The van der Waals surface area contributed by atoms with Gasteiger partial charge in [-0.2, -0.15) is 0 Å². The maximum absolute atomic E-state index is 12.0. The van der Waals surface area contributed by atoms with E-state index in [1.807, 2.05) is 19.1 Å². The predicted octanol–water partition coefficient (Wildman–Crippen LogP) is 1.27. The van der Waals surface area contributed by atoms with Crippen molar-refractivity contribution in [3.63, 3.8) is 0 Å². The van der Waals surface area contributed by atoms with Crippen LogP contribution in [0.5, 0.6) is 5.75 Å². The number of nitrogen functional groups attached to an aromatic ring is 1. The van der Waals surface area contributed by atoms with Crippen molar-refractivity contribution in [1.29, 1.82) is 0 Å². The van der Waals surface area contributed by atoms with Crippen molar-refractivity contribution in [2.45, 2.75) is 25.9 Å². The zero-order valence-electron chi connectivity index (χ0n) is 11.8. The van der Waals surface area contributed by atoms with Gasteiger partial charge in [0.1, 0.15) is 5.75 Å². The number of rotatable bonds is 4. The topological polar surface area (TPSA) is 75.8 Å². The Kier molecular flexibility index (Phi) is 4.84. The first-order chi connectivity index (χ1) is 9.56. The molecule has 0 radical (unpaired) electrons. The van der Waals surface area contributed by atoms with E-state index in [0.717, 1.165) is 13.0 Å². The van der Waals surface area contributed by atoms with Gasteiger partial charge in [0, 0.05) is 24.8 Å². The molecule has 0 aromatic heterocycles. The van der Waals surface area contributed by atoms with Gasteiger partial charge in [0.2, 0.25) is 5.91 Å². The third-order valence-electron chi connectivity index (χ3n) is 3.71. The van der Waals surface area contributed by atoms with E-state index in [2.05, 4.69) is 0 Å². The first kappa shape index (κ1) is 14.7. The minimum Gasteiger partial charge on any atom is -0.493 e. The number of carbonyl (C=O) groups excluding carboxylic acids is 1. The van der Waals surface area contributed by atoms with Crippen LogP contribution in [0.3, 0.4) is 0 Å². The first-order valence-electron chi connectivity index (χ1n) is 7.00. The van der Waals surface area contributed by atoms with Gasteiger partial charge in [0.15, 0.2) is 0 Å². The number of piperidine rings is 1. The van der Waals surface area contributed by atoms with Crippen LogP contribution >= 0.6 is 0 Å². The molecule has 1 aromatic carbocycles. The SMILES string of the molecule is CC1CCN(C(=O)CCOc2cccc(N)c2)CC1O. The normalized spacial score (nSPS) is 22.6. The number of anilines is 1. The Hall–Kier alpha value is -1.75. The van der Waals surface area contributed by atoms with E-state index in [-0.39, 0.29) is 11.8 Å². The minimum absolute atomic E-state index is 0.0276. The number of aliphatic hydroxyl groups is 1. The Bertz CT molecular complexity index is 464. The fourth-order valence-corrected chi connectivity index (χ4v) is 2.29. The summed E-state index contributed by atoms with van der Waals surface area (Å²) in [5.41, 5.74) is 6.29. The van der Waals surface area contributed by atoms with Crippen molar-refractivity contribution < 1.29 is 14.6 Å². The number of ether oxygens (including phenoxy) is 1. The largest absolute Gasteiger partial charge is 0.493 e. The predicted molar refractivity (Wildman–Crippen MR) is 77.3 cm³/mol. The molecule has 1 fully saturated rings. The number of carbonyl (C=O) groups is 1. The summed E-state index contributed by atoms with van der Waals surface area (Å²) in [7, 11) is 0. The highest BCUT2D eigenvalue weighted by Gasteiger charge is 2.26. The van der Waals surface area contributed by atoms with Crippen LogP contribution < -0.4 is 10.5 Å². The first-order valence-corrected chi connectivity index (χ1v) is 7.00. The maximum atomic E-state index is 12.0. The number of hydrogen-bond donors (Lipinski definition) is 2. The molecule has 3 N–H and O–H groups in total. The quantitative estimate of drug-likeness (QED) is 0.813. The summed E-state index contributed by atoms with van der Waals surface area (Å²) in [5.74, 6) is 0.965. The summed E-state index contributed by atoms with van der Waals surface area (Å²) in [6, 6.07) is 7.15. The molecule has 2 rings (SSSR count). The van der Waals surface area contributed by atoms with Crippen molar-refractivity contribution in [2.24, 2.45) is 5.92 Å². The molecule has 5 heteroatoms. The summed E-state index contributed by atoms with van der Waals surface area (Å²) >= 11 is 0. The van der Waals surface area contributed by atoms with Crippen molar-refractivity contribution in [1.82, 2.24) is 4.90 Å². The van der Waals surface area contributed by atoms with Gasteiger partial charge in [-0.15, -0.1) is 0 Å². The molecule has 5 nitrogen and oxygen atoms in total. The lowest BCUT2D eigenvalue weighted by atomic mass is 9.96. The highest BCUT2D eigenvalue weighted by atomic mass is 16.5. The number of nitrogens with zero attached hydrogens (tertiary/aromatic N) is 1. The summed E-state index contributed by atoms with van der Waals surface area (Å²) in [4.78, 5) is 13.7. The monoisotopic (exact) mass is 278 g/mol. The molecule has 0 saturated carbocycles. The number of hydrogen-bond acceptors (Lipinski definition) is 4. The molecule has 1 aliphatic heterocycles. The van der Waals surface area contributed by atoms with Crippen molar-refractivity contribution in [3.8, 4) is 5.75 Å². The van der Waals surface area contributed by atoms with Crippen LogP contribution in [0.1, 0.15) is 19.8 Å². The van der Waals surface area contributed by atoms with Crippen LogP contribution in [0.15, 0.2) is 24.3 Å². The molecule has 2 atom stereocenters. The lowest BCUT2D eigenvalue weighted by molar-refractivity contribution is -0.135. The molecule has 0 bridgehead atoms. The Morgan fingerprint density at radius 2 is 2.35 bits per heavy atom. The average Bonchev–Trinajstić information content (AvgIpc) is 2.42. The second kappa shape index (κ2) is 6.61. The van der Waals surface area contributed by atoms with Gasteiger partial charge in [-0.25, -0.2) is 0 Å². The van der Waals surface area contributed by atoms with Gasteiger partial charge < -0.3 is 20.5 Å². The van der Waals surface area contributed by atoms with Gasteiger partial charge in [-0.05, 0) is 24.5 Å². The summed E-state index contributed by atoms with van der Waals surface area (Å²) in [6.45, 7) is 3.48. The van der Waals surface area contributed by atoms with Gasteiger partial charge in [0.25, 0.3) is 0 Å². The van der Waals surface area contributed by atoms with Gasteiger partial charge in [-0.1, -0.05) is 13.0 Å². The van der Waals surface area contributed by atoms with Gasteiger partial charge in [0.05, 0.1) is 19.1 Å². The fourth-order valence-electron chi connectivity index (χ4n) is 2.29. The van der Waals surface area contributed by atoms with Crippen LogP contribution in [0.4, 0.5) is 5.69 Å². The lowest BCUT2D eigenvalue weighted by Crippen LogP contribution is -2.46. The van der Waals surface area contributed by atoms with Crippen LogP contribution in [-0.4, -0.2) is 41.7 Å². The Morgan fingerprint density at radius 3 is 3.05 bits per heavy atom. The van der Waals surface area contributed by atoms with Crippen molar-refractivity contribution in [3.05, 3.63) is 24.3 Å². The smallest absolute Gasteiger partial charge is 0.226 e. The molecular weight excluding hydrogens is 256 g/mol. The summed E-state index contributed by atoms with van der Waals surface area (Å²) in [6.07, 6.45) is 0.751. The van der Waals surface area contributed by atoms with Crippen LogP contribution in [0.25, 0.3) is 0 Å². The molecule has 1 amide bonds. The molecule has 1 aliphatic rings. The number of amides is 1. The molecule has 1 aromatic rings. The lowest BCUT2D eigenvalue weighted by Gasteiger charge is -2.34. The summed E-state index contributed by atoms with van der Waals surface area (Å²) < 4.78 is 5.51. The van der Waals surface area contributed by atoms with Crippen LogP contribution in [0.2, 0.25) is 0 Å². The third-order valence-corrected chi connectivity index (χ3v) is 3.71. The molecule has 1 saturated heterocycles. The molecule has 1 heterocycles. The number of likely N-dealkylation sites (tertiary alicyclic amines) is 1. The number of nitrogens with two attached hydrogens (primary N) is 1. The molecule has 110 valence electrons. The van der Waals surface area contributed by atoms with Crippen molar-refractivity contribution >= 4 is 11.6 Å². The van der Waals surface area contributed by atoms with E-state index in [0.29, 0.717) is 31.0 Å². The standard InChI is InChI=1S/C15H22N2O3/c1-11-5-7-17(10-14(11)18)15(19)6-8-20-13-4-2-3-12(16)9-13/h2-4,9,11,14,18H,5-8,10,16H2,1H3. The Labute approximate surface area is 119 Å². The van der Waals surface area contributed by atoms with E-state index in [9.17, 15) is 9.90 Å². The number of benzene rings is 1. The molecular formula is C15H22N2O3. The molecule has 0 spiro atoms. The maximum Gasteiger partial charge on any atom is 0.226 e. The average molecular weight is 278 g/mol. The second-order valence-electron chi connectivity index (χ2n) is 5.34. The van der Waals surface area contributed by atoms with Crippen molar-refractivity contribution in [2.75, 3.05) is 25.4 Å². The van der Waals surface area contributed by atoms with Gasteiger partial charge >= 0.3 is 0 Å².